The van der Waals surface area contributed by atoms with Gasteiger partial charge in [0.1, 0.15) is 4.88 Å². The molecule has 6 nitrogen and oxygen atoms in total. The van der Waals surface area contributed by atoms with Gasteiger partial charge in [0, 0.05) is 18.0 Å². The van der Waals surface area contributed by atoms with Crippen LogP contribution >= 0.6 is 34.3 Å². The first-order chi connectivity index (χ1) is 12.5. The summed E-state index contributed by atoms with van der Waals surface area (Å²) in [5.41, 5.74) is 0. The first-order valence-corrected chi connectivity index (χ1v) is 9.94. The molecule has 1 aliphatic rings. The zero-order valence-corrected chi connectivity index (χ0v) is 16.1. The van der Waals surface area contributed by atoms with Gasteiger partial charge in [-0.15, -0.1) is 22.7 Å². The Morgan fingerprint density at radius 1 is 1.08 bits per heavy atom. The third-order valence-electron chi connectivity index (χ3n) is 3.73. The molecule has 1 aliphatic heterocycles. The molecule has 2 aromatic rings. The van der Waals surface area contributed by atoms with Crippen LogP contribution in [-0.2, 0) is 20.7 Å². The van der Waals surface area contributed by atoms with E-state index in [-0.39, 0.29) is 24.7 Å². The third-order valence-corrected chi connectivity index (χ3v) is 6.07. The topological polar surface area (TPSA) is 72.9 Å². The zero-order valence-electron chi connectivity index (χ0n) is 13.7. The molecule has 0 aliphatic carbocycles. The predicted molar refractivity (Wildman–Crippen MR) is 99.4 cm³/mol. The second-order valence-electron chi connectivity index (χ2n) is 5.54. The van der Waals surface area contributed by atoms with Crippen molar-refractivity contribution >= 4 is 51.9 Å². The first-order valence-electron chi connectivity index (χ1n) is 7.93. The summed E-state index contributed by atoms with van der Waals surface area (Å²) < 4.78 is 10.7. The fourth-order valence-electron chi connectivity index (χ4n) is 2.39. The van der Waals surface area contributed by atoms with Crippen molar-refractivity contribution in [2.45, 2.75) is 6.42 Å². The van der Waals surface area contributed by atoms with Crippen molar-refractivity contribution in [2.75, 3.05) is 32.9 Å². The molecular weight excluding hydrogens is 398 g/mol. The van der Waals surface area contributed by atoms with E-state index in [2.05, 4.69) is 0 Å². The molecule has 1 fully saturated rings. The molecule has 3 heterocycles. The molecule has 0 saturated carbocycles. The lowest BCUT2D eigenvalue weighted by atomic mass is 10.2. The van der Waals surface area contributed by atoms with Crippen molar-refractivity contribution in [3.63, 3.8) is 0 Å². The number of carbonyl (C=O) groups is 3. The molecule has 0 unspecified atom stereocenters. The molecule has 0 atom stereocenters. The highest BCUT2D eigenvalue weighted by molar-refractivity contribution is 7.17. The van der Waals surface area contributed by atoms with Crippen LogP contribution in [0.2, 0.25) is 4.34 Å². The van der Waals surface area contributed by atoms with Crippen molar-refractivity contribution in [3.8, 4) is 0 Å². The van der Waals surface area contributed by atoms with Crippen LogP contribution in [0.3, 0.4) is 0 Å². The Hall–Kier alpha value is -1.74. The van der Waals surface area contributed by atoms with Gasteiger partial charge in [-0.1, -0.05) is 11.6 Å². The molecule has 2 aromatic heterocycles. The Kier molecular flexibility index (Phi) is 6.42. The number of Topliss-reactive ketones (excluding diaryl/α,β-unsaturated/α-hetero) is 1. The number of morpholine rings is 1. The van der Waals surface area contributed by atoms with E-state index in [9.17, 15) is 14.4 Å². The highest BCUT2D eigenvalue weighted by atomic mass is 35.5. The summed E-state index contributed by atoms with van der Waals surface area (Å²) in [6.07, 6.45) is 0.255. The lowest BCUT2D eigenvalue weighted by Gasteiger charge is -2.26. The van der Waals surface area contributed by atoms with Crippen molar-refractivity contribution in [3.05, 3.63) is 43.2 Å². The number of ether oxygens (including phenoxy) is 2. The van der Waals surface area contributed by atoms with Gasteiger partial charge in [0.15, 0.2) is 6.61 Å². The Morgan fingerprint density at radius 2 is 1.81 bits per heavy atom. The van der Waals surface area contributed by atoms with Gasteiger partial charge in [-0.05, 0) is 24.3 Å². The number of rotatable bonds is 6. The first kappa shape index (κ1) is 19.0. The summed E-state index contributed by atoms with van der Waals surface area (Å²) in [5.74, 6) is -0.847. The number of nitrogens with zero attached hydrogens (tertiary/aromatic N) is 1. The van der Waals surface area contributed by atoms with Crippen LogP contribution in [0.15, 0.2) is 24.3 Å². The van der Waals surface area contributed by atoms with Gasteiger partial charge in [-0.25, -0.2) is 4.79 Å². The van der Waals surface area contributed by atoms with Crippen LogP contribution in [0.5, 0.6) is 0 Å². The van der Waals surface area contributed by atoms with E-state index in [0.717, 1.165) is 16.2 Å². The number of hydrogen-bond donors (Lipinski definition) is 0. The van der Waals surface area contributed by atoms with E-state index in [1.165, 1.54) is 11.3 Å². The van der Waals surface area contributed by atoms with Crippen molar-refractivity contribution in [2.24, 2.45) is 0 Å². The lowest BCUT2D eigenvalue weighted by molar-refractivity contribution is -0.134. The Labute approximate surface area is 163 Å². The number of esters is 1. The van der Waals surface area contributed by atoms with Gasteiger partial charge in [0.2, 0.25) is 11.7 Å². The molecule has 3 rings (SSSR count). The molecular formula is C17H16ClNO5S2. The molecule has 9 heteroatoms. The van der Waals surface area contributed by atoms with E-state index in [0.29, 0.717) is 40.4 Å². The van der Waals surface area contributed by atoms with Crippen molar-refractivity contribution < 1.29 is 23.9 Å². The average Bonchev–Trinajstić information content (AvgIpc) is 3.29. The Bertz CT molecular complexity index is 810. The smallest absolute Gasteiger partial charge is 0.348 e. The largest absolute Gasteiger partial charge is 0.453 e. The maximum atomic E-state index is 12.2. The van der Waals surface area contributed by atoms with Crippen molar-refractivity contribution in [1.29, 1.82) is 0 Å². The zero-order chi connectivity index (χ0) is 18.5. The van der Waals surface area contributed by atoms with Crippen LogP contribution in [0.4, 0.5) is 0 Å². The summed E-state index contributed by atoms with van der Waals surface area (Å²) >= 11 is 8.12. The van der Waals surface area contributed by atoms with E-state index >= 15 is 0 Å². The Balaban J connectivity index is 1.51. The summed E-state index contributed by atoms with van der Waals surface area (Å²) in [4.78, 5) is 39.6. The monoisotopic (exact) mass is 413 g/mol. The molecule has 0 bridgehead atoms. The minimum absolute atomic E-state index is 0.0233. The maximum absolute atomic E-state index is 12.2. The maximum Gasteiger partial charge on any atom is 0.348 e. The molecule has 0 radical (unpaired) electrons. The minimum Gasteiger partial charge on any atom is -0.453 e. The summed E-state index contributed by atoms with van der Waals surface area (Å²) in [5, 5.41) is 0. The van der Waals surface area contributed by atoms with Crippen LogP contribution in [0, 0.1) is 0 Å². The van der Waals surface area contributed by atoms with Gasteiger partial charge in [0.25, 0.3) is 0 Å². The molecule has 138 valence electrons. The molecule has 0 N–H and O–H groups in total. The highest BCUT2D eigenvalue weighted by Crippen LogP contribution is 2.23. The van der Waals surface area contributed by atoms with Crippen LogP contribution in [0.25, 0.3) is 0 Å². The second-order valence-corrected chi connectivity index (χ2v) is 8.42. The minimum atomic E-state index is -0.575. The van der Waals surface area contributed by atoms with Crippen LogP contribution in [-0.4, -0.2) is 55.5 Å². The van der Waals surface area contributed by atoms with Gasteiger partial charge in [0.05, 0.1) is 28.8 Å². The summed E-state index contributed by atoms with van der Waals surface area (Å²) in [7, 11) is 0. The molecule has 0 aromatic carbocycles. The second kappa shape index (κ2) is 8.77. The average molecular weight is 414 g/mol. The normalized spacial score (nSPS) is 14.3. The van der Waals surface area contributed by atoms with E-state index in [4.69, 9.17) is 21.1 Å². The SMILES string of the molecule is O=C(COC(=O)c1ccc(Cl)s1)c1ccc(CC(=O)N2CCOCC2)s1. The van der Waals surface area contributed by atoms with Gasteiger partial charge < -0.3 is 14.4 Å². The van der Waals surface area contributed by atoms with Crippen molar-refractivity contribution in [1.82, 2.24) is 4.90 Å². The number of carbonyl (C=O) groups excluding carboxylic acids is 3. The van der Waals surface area contributed by atoms with E-state index in [1.807, 2.05) is 0 Å². The number of amides is 1. The fraction of sp³-hybridized carbons (Fsp3) is 0.353. The van der Waals surface area contributed by atoms with Gasteiger partial charge in [-0.3, -0.25) is 9.59 Å². The fourth-order valence-corrected chi connectivity index (χ4v) is 4.25. The third kappa shape index (κ3) is 4.91. The van der Waals surface area contributed by atoms with Crippen LogP contribution in [0.1, 0.15) is 24.2 Å². The highest BCUT2D eigenvalue weighted by Gasteiger charge is 2.19. The quantitative estimate of drug-likeness (QED) is 0.537. The van der Waals surface area contributed by atoms with Gasteiger partial charge in [-0.2, -0.15) is 0 Å². The standard InChI is InChI=1S/C17H16ClNO5S2/c18-15-4-3-14(26-15)17(22)24-10-12(20)13-2-1-11(25-13)9-16(21)19-5-7-23-8-6-19/h1-4H,5-10H2. The Morgan fingerprint density at radius 3 is 2.50 bits per heavy atom. The molecule has 1 amide bonds. The predicted octanol–water partition coefficient (Wildman–Crippen LogP) is 2.90. The summed E-state index contributed by atoms with van der Waals surface area (Å²) in [6, 6.07) is 6.57. The van der Waals surface area contributed by atoms with E-state index < -0.39 is 5.97 Å². The molecule has 26 heavy (non-hydrogen) atoms. The number of halogens is 1. The summed E-state index contributed by atoms with van der Waals surface area (Å²) in [6.45, 7) is 1.96. The van der Waals surface area contributed by atoms with E-state index in [1.54, 1.807) is 29.2 Å². The molecule has 0 spiro atoms. The van der Waals surface area contributed by atoms with Gasteiger partial charge >= 0.3 is 5.97 Å². The number of hydrogen-bond acceptors (Lipinski definition) is 7. The van der Waals surface area contributed by atoms with Crippen LogP contribution < -0.4 is 0 Å². The lowest BCUT2D eigenvalue weighted by Crippen LogP contribution is -2.41. The number of ketones is 1. The number of thiophene rings is 2. The molecule has 1 saturated heterocycles.